The number of hydrogen-bond donors (Lipinski definition) is 3. The van der Waals surface area contributed by atoms with E-state index in [1.54, 1.807) is 0 Å². The van der Waals surface area contributed by atoms with Gasteiger partial charge in [0.1, 0.15) is 0 Å². The molecular weight excluding hydrogens is 280 g/mol. The maximum Gasteiger partial charge on any atom is 0.319 e. The van der Waals surface area contributed by atoms with Gasteiger partial charge >= 0.3 is 6.03 Å². The van der Waals surface area contributed by atoms with Gasteiger partial charge in [0.25, 0.3) is 0 Å². The lowest BCUT2D eigenvalue weighted by atomic mass is 9.86. The van der Waals surface area contributed by atoms with E-state index < -0.39 is 0 Å². The summed E-state index contributed by atoms with van der Waals surface area (Å²) >= 11 is 0. The zero-order valence-corrected chi connectivity index (χ0v) is 13.4. The molecule has 3 N–H and O–H groups in total. The van der Waals surface area contributed by atoms with Crippen LogP contribution in [0.5, 0.6) is 0 Å². The number of nitrogens with one attached hydrogen (secondary N) is 2. The minimum atomic E-state index is -0.222. The molecule has 5 heteroatoms. The second kappa shape index (κ2) is 7.61. The minimum absolute atomic E-state index is 0.0177. The summed E-state index contributed by atoms with van der Waals surface area (Å²) in [5.41, 5.74) is 1.56. The van der Waals surface area contributed by atoms with Crippen LogP contribution in [-0.2, 0) is 11.3 Å². The number of carbonyl (C=O) groups is 1. The standard InChI is InChI=1S/C17H26N2O3/c1-3-22-11-13-6-4-7-14(10-13)18-16(21)19-15-8-5-9-17(15,2)12-20/h4,6-7,10,15,20H,3,5,8-9,11-12H2,1-2H3,(H2,18,19,21). The second-order valence-electron chi connectivity index (χ2n) is 6.19. The van der Waals surface area contributed by atoms with E-state index in [4.69, 9.17) is 4.74 Å². The highest BCUT2D eigenvalue weighted by molar-refractivity contribution is 5.89. The Morgan fingerprint density at radius 3 is 3.05 bits per heavy atom. The van der Waals surface area contributed by atoms with Crippen LogP contribution in [0.2, 0.25) is 0 Å². The van der Waals surface area contributed by atoms with Gasteiger partial charge in [0, 0.05) is 23.8 Å². The first-order valence-electron chi connectivity index (χ1n) is 7.92. The number of urea groups is 1. The predicted octanol–water partition coefficient (Wildman–Crippen LogP) is 2.90. The smallest absolute Gasteiger partial charge is 0.319 e. The van der Waals surface area contributed by atoms with Crippen LogP contribution < -0.4 is 10.6 Å². The monoisotopic (exact) mass is 306 g/mol. The molecule has 0 saturated heterocycles. The van der Waals surface area contributed by atoms with Gasteiger partial charge in [-0.3, -0.25) is 0 Å². The van der Waals surface area contributed by atoms with Gasteiger partial charge in [0.05, 0.1) is 13.2 Å². The van der Waals surface area contributed by atoms with E-state index in [0.29, 0.717) is 13.2 Å². The molecule has 22 heavy (non-hydrogen) atoms. The Morgan fingerprint density at radius 1 is 1.50 bits per heavy atom. The van der Waals surface area contributed by atoms with Gasteiger partial charge in [-0.25, -0.2) is 4.79 Å². The molecular formula is C17H26N2O3. The van der Waals surface area contributed by atoms with Crippen molar-refractivity contribution in [2.75, 3.05) is 18.5 Å². The Morgan fingerprint density at radius 2 is 2.32 bits per heavy atom. The first kappa shape index (κ1) is 16.8. The number of aliphatic hydroxyl groups is 1. The highest BCUT2D eigenvalue weighted by Crippen LogP contribution is 2.37. The SMILES string of the molecule is CCOCc1cccc(NC(=O)NC2CCCC2(C)CO)c1. The number of anilines is 1. The fourth-order valence-electron chi connectivity index (χ4n) is 2.95. The number of amides is 2. The van der Waals surface area contributed by atoms with Crippen molar-refractivity contribution in [3.05, 3.63) is 29.8 Å². The molecule has 2 unspecified atom stereocenters. The molecule has 122 valence electrons. The molecule has 2 atom stereocenters. The zero-order chi connectivity index (χ0) is 16.0. The van der Waals surface area contributed by atoms with Crippen LogP contribution in [0.1, 0.15) is 38.7 Å². The summed E-state index contributed by atoms with van der Waals surface area (Å²) in [7, 11) is 0. The van der Waals surface area contributed by atoms with E-state index in [0.717, 1.165) is 30.5 Å². The molecule has 0 heterocycles. The van der Waals surface area contributed by atoms with Crippen molar-refractivity contribution in [3.8, 4) is 0 Å². The summed E-state index contributed by atoms with van der Waals surface area (Å²) in [5.74, 6) is 0. The number of rotatable bonds is 6. The van der Waals surface area contributed by atoms with Crippen molar-refractivity contribution < 1.29 is 14.6 Å². The summed E-state index contributed by atoms with van der Waals surface area (Å²) in [6.07, 6.45) is 2.89. The van der Waals surface area contributed by atoms with E-state index >= 15 is 0 Å². The van der Waals surface area contributed by atoms with Gasteiger partial charge in [-0.2, -0.15) is 0 Å². The van der Waals surface area contributed by atoms with Crippen LogP contribution in [0.15, 0.2) is 24.3 Å². The fourth-order valence-corrected chi connectivity index (χ4v) is 2.95. The number of ether oxygens (including phenoxy) is 1. The third kappa shape index (κ3) is 4.21. The highest BCUT2D eigenvalue weighted by atomic mass is 16.5. The van der Waals surface area contributed by atoms with Gasteiger partial charge in [0.2, 0.25) is 0 Å². The van der Waals surface area contributed by atoms with Gasteiger partial charge in [-0.1, -0.05) is 25.5 Å². The molecule has 1 aromatic carbocycles. The second-order valence-corrected chi connectivity index (χ2v) is 6.19. The average Bonchev–Trinajstić information content (AvgIpc) is 2.87. The maximum absolute atomic E-state index is 12.2. The molecule has 0 radical (unpaired) electrons. The predicted molar refractivity (Wildman–Crippen MR) is 86.8 cm³/mol. The Hall–Kier alpha value is -1.59. The first-order valence-corrected chi connectivity index (χ1v) is 7.92. The molecule has 1 saturated carbocycles. The van der Waals surface area contributed by atoms with Crippen LogP contribution in [0.3, 0.4) is 0 Å². The van der Waals surface area contributed by atoms with E-state index in [1.807, 2.05) is 38.1 Å². The quantitative estimate of drug-likeness (QED) is 0.757. The summed E-state index contributed by atoms with van der Waals surface area (Å²) in [4.78, 5) is 12.2. The normalized spacial score (nSPS) is 24.2. The van der Waals surface area contributed by atoms with E-state index in [1.165, 1.54) is 0 Å². The van der Waals surface area contributed by atoms with E-state index in [-0.39, 0.29) is 24.1 Å². The lowest BCUT2D eigenvalue weighted by Crippen LogP contribution is -2.46. The topological polar surface area (TPSA) is 70.6 Å². The van der Waals surface area contributed by atoms with Crippen LogP contribution in [0, 0.1) is 5.41 Å². The van der Waals surface area contributed by atoms with Crippen molar-refractivity contribution in [2.24, 2.45) is 5.41 Å². The van der Waals surface area contributed by atoms with Crippen LogP contribution >= 0.6 is 0 Å². The van der Waals surface area contributed by atoms with Gasteiger partial charge in [-0.05, 0) is 37.5 Å². The van der Waals surface area contributed by atoms with Crippen LogP contribution in [0.25, 0.3) is 0 Å². The largest absolute Gasteiger partial charge is 0.396 e. The summed E-state index contributed by atoms with van der Waals surface area (Å²) in [5, 5.41) is 15.4. The van der Waals surface area contributed by atoms with Gasteiger partial charge in [-0.15, -0.1) is 0 Å². The highest BCUT2D eigenvalue weighted by Gasteiger charge is 2.39. The molecule has 5 nitrogen and oxygen atoms in total. The van der Waals surface area contributed by atoms with Crippen molar-refractivity contribution in [1.29, 1.82) is 0 Å². The molecule has 1 fully saturated rings. The van der Waals surface area contributed by atoms with Crippen molar-refractivity contribution in [1.82, 2.24) is 5.32 Å². The summed E-state index contributed by atoms with van der Waals surface area (Å²) in [6.45, 7) is 5.28. The number of aliphatic hydroxyl groups excluding tert-OH is 1. The van der Waals surface area contributed by atoms with Crippen molar-refractivity contribution in [2.45, 2.75) is 45.8 Å². The molecule has 1 aromatic rings. The molecule has 0 bridgehead atoms. The fraction of sp³-hybridized carbons (Fsp3) is 0.588. The molecule has 1 aliphatic rings. The Kier molecular flexibility index (Phi) is 5.80. The minimum Gasteiger partial charge on any atom is -0.396 e. The Labute approximate surface area is 132 Å². The zero-order valence-electron chi connectivity index (χ0n) is 13.4. The maximum atomic E-state index is 12.2. The Bertz CT molecular complexity index is 506. The molecule has 1 aliphatic carbocycles. The number of hydrogen-bond acceptors (Lipinski definition) is 3. The van der Waals surface area contributed by atoms with Crippen LogP contribution in [0.4, 0.5) is 10.5 Å². The summed E-state index contributed by atoms with van der Waals surface area (Å²) in [6, 6.07) is 7.43. The number of carbonyl (C=O) groups excluding carboxylic acids is 1. The molecule has 2 amide bonds. The third-order valence-electron chi connectivity index (χ3n) is 4.41. The lowest BCUT2D eigenvalue weighted by Gasteiger charge is -2.30. The molecule has 0 aromatic heterocycles. The van der Waals surface area contributed by atoms with Crippen molar-refractivity contribution >= 4 is 11.7 Å². The molecule has 0 spiro atoms. The van der Waals surface area contributed by atoms with Gasteiger partial charge in [0.15, 0.2) is 0 Å². The van der Waals surface area contributed by atoms with E-state index in [2.05, 4.69) is 10.6 Å². The number of benzene rings is 1. The van der Waals surface area contributed by atoms with Crippen molar-refractivity contribution in [3.63, 3.8) is 0 Å². The molecule has 2 rings (SSSR count). The third-order valence-corrected chi connectivity index (χ3v) is 4.41. The van der Waals surface area contributed by atoms with Crippen LogP contribution in [-0.4, -0.2) is 30.4 Å². The summed E-state index contributed by atoms with van der Waals surface area (Å²) < 4.78 is 5.37. The van der Waals surface area contributed by atoms with E-state index in [9.17, 15) is 9.90 Å². The molecule has 0 aliphatic heterocycles. The van der Waals surface area contributed by atoms with Gasteiger partial charge < -0.3 is 20.5 Å². The Balaban J connectivity index is 1.92. The lowest BCUT2D eigenvalue weighted by molar-refractivity contribution is 0.122. The first-order chi connectivity index (χ1) is 10.6. The average molecular weight is 306 g/mol.